The van der Waals surface area contributed by atoms with Gasteiger partial charge >= 0.3 is 5.97 Å². The quantitative estimate of drug-likeness (QED) is 0.249. The third kappa shape index (κ3) is 4.74. The van der Waals surface area contributed by atoms with Crippen molar-refractivity contribution in [3.05, 3.63) is 130 Å². The van der Waals surface area contributed by atoms with Crippen LogP contribution < -0.4 is 19.9 Å². The standard InChI is InChI=1S/C29H19ClN2O4/c30-20-11-9-18(10-12-20)29(33)35-23-13-14-24-26(16-23)36-28(32)25(17-31)27(24)19-5-4-8-22(15-19)34-21-6-2-1-3-7-21/h1-16,27H,32H2. The van der Waals surface area contributed by atoms with Gasteiger partial charge in [-0.15, -0.1) is 0 Å². The molecule has 0 amide bonds. The van der Waals surface area contributed by atoms with Gasteiger partial charge in [0.05, 0.1) is 11.5 Å². The number of rotatable bonds is 5. The minimum Gasteiger partial charge on any atom is -0.457 e. The highest BCUT2D eigenvalue weighted by molar-refractivity contribution is 6.30. The Hall–Kier alpha value is -4.73. The summed E-state index contributed by atoms with van der Waals surface area (Å²) in [5.74, 6) is 0.963. The van der Waals surface area contributed by atoms with Crippen molar-refractivity contribution in [3.63, 3.8) is 0 Å². The van der Waals surface area contributed by atoms with Crippen LogP contribution in [0.2, 0.25) is 5.02 Å². The molecule has 1 unspecified atom stereocenters. The van der Waals surface area contributed by atoms with E-state index in [4.69, 9.17) is 31.5 Å². The Morgan fingerprint density at radius 1 is 0.889 bits per heavy atom. The minimum atomic E-state index is -0.536. The molecule has 0 spiro atoms. The highest BCUT2D eigenvalue weighted by Gasteiger charge is 2.31. The normalized spacial score (nSPS) is 14.3. The maximum absolute atomic E-state index is 12.5. The van der Waals surface area contributed by atoms with E-state index in [1.807, 2.05) is 54.6 Å². The van der Waals surface area contributed by atoms with E-state index < -0.39 is 11.9 Å². The molecule has 0 saturated carbocycles. The number of nitriles is 1. The van der Waals surface area contributed by atoms with Gasteiger partial charge in [-0.25, -0.2) is 4.79 Å². The molecule has 1 heterocycles. The number of nitrogens with two attached hydrogens (primary N) is 1. The number of nitrogens with zero attached hydrogens (tertiary/aromatic N) is 1. The molecule has 6 nitrogen and oxygen atoms in total. The highest BCUT2D eigenvalue weighted by atomic mass is 35.5. The molecule has 1 atom stereocenters. The van der Waals surface area contributed by atoms with Gasteiger partial charge in [0, 0.05) is 16.7 Å². The van der Waals surface area contributed by atoms with Gasteiger partial charge in [-0.2, -0.15) is 5.26 Å². The van der Waals surface area contributed by atoms with Gasteiger partial charge < -0.3 is 19.9 Å². The molecule has 0 aliphatic carbocycles. The predicted molar refractivity (Wildman–Crippen MR) is 135 cm³/mol. The van der Waals surface area contributed by atoms with Crippen LogP contribution in [0.3, 0.4) is 0 Å². The molecule has 0 aromatic heterocycles. The SMILES string of the molecule is N#CC1=C(N)Oc2cc(OC(=O)c3ccc(Cl)cc3)ccc2C1c1cccc(Oc2ccccc2)c1. The van der Waals surface area contributed by atoms with Gasteiger partial charge in [0.2, 0.25) is 5.88 Å². The molecule has 36 heavy (non-hydrogen) atoms. The summed E-state index contributed by atoms with van der Waals surface area (Å²) < 4.78 is 17.2. The van der Waals surface area contributed by atoms with Gasteiger partial charge in [0.25, 0.3) is 0 Å². The van der Waals surface area contributed by atoms with E-state index in [9.17, 15) is 10.1 Å². The van der Waals surface area contributed by atoms with Crippen molar-refractivity contribution in [3.8, 4) is 29.1 Å². The van der Waals surface area contributed by atoms with Gasteiger partial charge in [0.1, 0.15) is 34.6 Å². The smallest absolute Gasteiger partial charge is 0.343 e. The molecule has 176 valence electrons. The first kappa shape index (κ1) is 23.0. The van der Waals surface area contributed by atoms with Crippen molar-refractivity contribution < 1.29 is 19.0 Å². The van der Waals surface area contributed by atoms with E-state index in [0.717, 1.165) is 5.56 Å². The number of carbonyl (C=O) groups excluding carboxylic acids is 1. The first-order chi connectivity index (χ1) is 17.5. The van der Waals surface area contributed by atoms with Crippen molar-refractivity contribution in [1.29, 1.82) is 5.26 Å². The lowest BCUT2D eigenvalue weighted by molar-refractivity contribution is 0.0734. The number of halogens is 1. The highest BCUT2D eigenvalue weighted by Crippen LogP contribution is 2.44. The summed E-state index contributed by atoms with van der Waals surface area (Å²) >= 11 is 5.89. The summed E-state index contributed by atoms with van der Waals surface area (Å²) in [6.07, 6.45) is 0. The Bertz CT molecular complexity index is 1510. The van der Waals surface area contributed by atoms with Gasteiger partial charge in [-0.05, 0) is 60.2 Å². The van der Waals surface area contributed by atoms with E-state index in [-0.39, 0.29) is 17.2 Å². The Morgan fingerprint density at radius 2 is 1.64 bits per heavy atom. The van der Waals surface area contributed by atoms with Crippen LogP contribution in [0, 0.1) is 11.3 Å². The average molecular weight is 495 g/mol. The van der Waals surface area contributed by atoms with Crippen molar-refractivity contribution in [2.45, 2.75) is 5.92 Å². The number of para-hydroxylation sites is 1. The van der Waals surface area contributed by atoms with Crippen LogP contribution >= 0.6 is 11.6 Å². The Labute approximate surface area is 212 Å². The molecule has 1 aliphatic rings. The monoisotopic (exact) mass is 494 g/mol. The summed E-state index contributed by atoms with van der Waals surface area (Å²) in [6, 6.07) is 30.5. The molecular formula is C29H19ClN2O4. The van der Waals surface area contributed by atoms with Crippen LogP contribution in [0.5, 0.6) is 23.0 Å². The zero-order valence-electron chi connectivity index (χ0n) is 18.9. The third-order valence-electron chi connectivity index (χ3n) is 5.65. The summed E-state index contributed by atoms with van der Waals surface area (Å²) in [7, 11) is 0. The largest absolute Gasteiger partial charge is 0.457 e. The summed E-state index contributed by atoms with van der Waals surface area (Å²) in [6.45, 7) is 0. The second kappa shape index (κ2) is 9.87. The molecule has 5 rings (SSSR count). The lowest BCUT2D eigenvalue weighted by Crippen LogP contribution is -2.21. The summed E-state index contributed by atoms with van der Waals surface area (Å²) in [5, 5.41) is 10.4. The number of benzene rings is 4. The molecular weight excluding hydrogens is 476 g/mol. The number of carbonyl (C=O) groups is 1. The van der Waals surface area contributed by atoms with Crippen molar-refractivity contribution in [1.82, 2.24) is 0 Å². The molecule has 4 aromatic rings. The van der Waals surface area contributed by atoms with Crippen LogP contribution in [-0.4, -0.2) is 5.97 Å². The number of fused-ring (bicyclic) bond motifs is 1. The Morgan fingerprint density at radius 3 is 2.39 bits per heavy atom. The van der Waals surface area contributed by atoms with E-state index >= 15 is 0 Å². The number of hydrogen-bond donors (Lipinski definition) is 1. The van der Waals surface area contributed by atoms with Gasteiger partial charge in [0.15, 0.2) is 0 Å². The predicted octanol–water partition coefficient (Wildman–Crippen LogP) is 6.57. The Balaban J connectivity index is 1.46. The molecule has 0 bridgehead atoms. The number of hydrogen-bond acceptors (Lipinski definition) is 6. The van der Waals surface area contributed by atoms with Crippen LogP contribution in [0.4, 0.5) is 0 Å². The van der Waals surface area contributed by atoms with E-state index in [0.29, 0.717) is 33.4 Å². The molecule has 0 radical (unpaired) electrons. The zero-order valence-corrected chi connectivity index (χ0v) is 19.6. The fourth-order valence-corrected chi connectivity index (χ4v) is 4.10. The average Bonchev–Trinajstić information content (AvgIpc) is 2.89. The number of ether oxygens (including phenoxy) is 3. The number of allylic oxidation sites excluding steroid dienone is 1. The first-order valence-corrected chi connectivity index (χ1v) is 11.4. The lowest BCUT2D eigenvalue weighted by atomic mass is 9.83. The molecule has 7 heteroatoms. The maximum atomic E-state index is 12.5. The van der Waals surface area contributed by atoms with Crippen molar-refractivity contribution in [2.24, 2.45) is 5.73 Å². The first-order valence-electron chi connectivity index (χ1n) is 11.0. The summed E-state index contributed by atoms with van der Waals surface area (Å²) in [5.41, 5.74) is 8.29. The van der Waals surface area contributed by atoms with E-state index in [1.165, 1.54) is 0 Å². The van der Waals surface area contributed by atoms with Crippen LogP contribution in [0.15, 0.2) is 109 Å². The lowest BCUT2D eigenvalue weighted by Gasteiger charge is -2.27. The van der Waals surface area contributed by atoms with Crippen LogP contribution in [0.1, 0.15) is 27.4 Å². The molecule has 0 saturated heterocycles. The molecule has 0 fully saturated rings. The van der Waals surface area contributed by atoms with Crippen molar-refractivity contribution in [2.75, 3.05) is 0 Å². The van der Waals surface area contributed by atoms with Gasteiger partial charge in [-0.3, -0.25) is 0 Å². The van der Waals surface area contributed by atoms with Crippen molar-refractivity contribution >= 4 is 17.6 Å². The van der Waals surface area contributed by atoms with Crippen LogP contribution in [-0.2, 0) is 0 Å². The van der Waals surface area contributed by atoms with E-state index in [2.05, 4.69) is 6.07 Å². The van der Waals surface area contributed by atoms with E-state index in [1.54, 1.807) is 42.5 Å². The summed E-state index contributed by atoms with van der Waals surface area (Å²) in [4.78, 5) is 12.5. The minimum absolute atomic E-state index is 0.00874. The molecule has 2 N–H and O–H groups in total. The van der Waals surface area contributed by atoms with Gasteiger partial charge in [-0.1, -0.05) is 48.0 Å². The second-order valence-electron chi connectivity index (χ2n) is 8.01. The molecule has 4 aromatic carbocycles. The fraction of sp³-hybridized carbons (Fsp3) is 0.0345. The third-order valence-corrected chi connectivity index (χ3v) is 5.90. The molecule has 1 aliphatic heterocycles. The van der Waals surface area contributed by atoms with Crippen LogP contribution in [0.25, 0.3) is 0 Å². The Kier molecular flexibility index (Phi) is 6.31. The maximum Gasteiger partial charge on any atom is 0.343 e. The zero-order chi connectivity index (χ0) is 25.1. The fourth-order valence-electron chi connectivity index (χ4n) is 3.98. The number of esters is 1. The topological polar surface area (TPSA) is 94.6 Å². The second-order valence-corrected chi connectivity index (χ2v) is 8.44.